The molecule has 24 heavy (non-hydrogen) atoms. The third kappa shape index (κ3) is 4.23. The van der Waals surface area contributed by atoms with Crippen molar-refractivity contribution in [3.8, 4) is 0 Å². The highest BCUT2D eigenvalue weighted by molar-refractivity contribution is 14.1. The molecule has 6 heteroatoms. The number of halogens is 2. The lowest BCUT2D eigenvalue weighted by molar-refractivity contribution is 0.291. The number of nitrogens with one attached hydrogen (secondary N) is 1. The van der Waals surface area contributed by atoms with Gasteiger partial charge < -0.3 is 9.74 Å². The van der Waals surface area contributed by atoms with Gasteiger partial charge in [-0.15, -0.1) is 0 Å². The van der Waals surface area contributed by atoms with E-state index in [1.54, 1.807) is 0 Å². The molecule has 2 aromatic rings. The summed E-state index contributed by atoms with van der Waals surface area (Å²) in [6, 6.07) is 6.13. The van der Waals surface area contributed by atoms with E-state index >= 15 is 0 Å². The fourth-order valence-electron chi connectivity index (χ4n) is 2.39. The summed E-state index contributed by atoms with van der Waals surface area (Å²) in [6.07, 6.45) is 0.771. The third-order valence-electron chi connectivity index (χ3n) is 4.87. The van der Waals surface area contributed by atoms with Crippen LogP contribution in [0.1, 0.15) is 26.5 Å². The lowest BCUT2D eigenvalue weighted by Crippen LogP contribution is -2.41. The topological polar surface area (TPSA) is 34.1 Å². The van der Waals surface area contributed by atoms with Crippen LogP contribution in [0.5, 0.6) is 0 Å². The van der Waals surface area contributed by atoms with Crippen LogP contribution in [-0.4, -0.2) is 27.0 Å². The second-order valence-electron chi connectivity index (χ2n) is 7.52. The largest absolute Gasteiger partial charge is 0.416 e. The number of rotatable bonds is 5. The molecule has 1 heterocycles. The lowest BCUT2D eigenvalue weighted by atomic mass is 10.1. The number of hydrogen-bond acceptors (Lipinski definition) is 3. The maximum atomic E-state index is 6.32. The van der Waals surface area contributed by atoms with Crippen molar-refractivity contribution in [1.82, 2.24) is 4.98 Å². The van der Waals surface area contributed by atoms with Crippen molar-refractivity contribution in [3.63, 3.8) is 0 Å². The predicted molar refractivity (Wildman–Crippen MR) is 116 cm³/mol. The first-order valence-corrected chi connectivity index (χ1v) is 12.5. The molecule has 132 valence electrons. The van der Waals surface area contributed by atoms with Crippen molar-refractivity contribution >= 4 is 59.0 Å². The number of nitrogens with zero attached hydrogens (tertiary/aromatic N) is 1. The molecule has 0 aliphatic rings. The molecular formula is C18H26ClIN2OSi. The van der Waals surface area contributed by atoms with Gasteiger partial charge in [0.05, 0.1) is 5.69 Å². The fourth-order valence-corrected chi connectivity index (χ4v) is 4.43. The van der Waals surface area contributed by atoms with Crippen molar-refractivity contribution in [1.29, 1.82) is 0 Å². The summed E-state index contributed by atoms with van der Waals surface area (Å²) in [5.74, 6) is 0. The van der Waals surface area contributed by atoms with Crippen molar-refractivity contribution in [2.24, 2.45) is 0 Å². The Morgan fingerprint density at radius 3 is 2.54 bits per heavy atom. The average molecular weight is 477 g/mol. The van der Waals surface area contributed by atoms with Gasteiger partial charge in [0.1, 0.15) is 5.15 Å². The molecule has 3 nitrogen and oxygen atoms in total. The first kappa shape index (κ1) is 19.9. The summed E-state index contributed by atoms with van der Waals surface area (Å²) in [7, 11) is 0.181. The van der Waals surface area contributed by atoms with Crippen LogP contribution in [0.4, 0.5) is 5.69 Å². The van der Waals surface area contributed by atoms with E-state index in [9.17, 15) is 0 Å². The highest BCUT2D eigenvalue weighted by Crippen LogP contribution is 2.37. The van der Waals surface area contributed by atoms with Gasteiger partial charge in [0.2, 0.25) is 0 Å². The Hall–Kier alpha value is -0.373. The van der Waals surface area contributed by atoms with Crippen molar-refractivity contribution in [2.75, 3.05) is 19.0 Å². The standard InChI is InChI=1S/C18H26ClIN2OSi/c1-18(2,3)24(5,6)23-10-9-15-17-12(11-16(19)22-15)14(21-4)8-7-13(17)20/h7-8,11,21H,9-10H2,1-6H3. The number of anilines is 1. The molecule has 0 radical (unpaired) electrons. The zero-order valence-corrected chi connectivity index (χ0v) is 19.2. The second kappa shape index (κ2) is 7.48. The number of aromatic nitrogens is 1. The quantitative estimate of drug-likeness (QED) is 0.322. The SMILES string of the molecule is CNc1ccc(I)c2c(CCO[Si](C)(C)C(C)(C)C)nc(Cl)cc12. The summed E-state index contributed by atoms with van der Waals surface area (Å²) in [6.45, 7) is 12.0. The Labute approximate surface area is 164 Å². The molecular weight excluding hydrogens is 451 g/mol. The van der Waals surface area contributed by atoms with Gasteiger partial charge in [0.15, 0.2) is 8.32 Å². The minimum Gasteiger partial charge on any atom is -0.416 e. The number of hydrogen-bond donors (Lipinski definition) is 1. The van der Waals surface area contributed by atoms with Crippen molar-refractivity contribution < 1.29 is 4.43 Å². The third-order valence-corrected chi connectivity index (χ3v) is 10.5. The molecule has 1 N–H and O–H groups in total. The molecule has 0 atom stereocenters. The van der Waals surface area contributed by atoms with Crippen molar-refractivity contribution in [3.05, 3.63) is 32.6 Å². The maximum Gasteiger partial charge on any atom is 0.191 e. The van der Waals surface area contributed by atoms with E-state index in [4.69, 9.17) is 16.0 Å². The van der Waals surface area contributed by atoms with E-state index in [1.165, 1.54) is 8.96 Å². The minimum atomic E-state index is -1.75. The van der Waals surface area contributed by atoms with Gasteiger partial charge in [-0.25, -0.2) is 4.98 Å². The first-order valence-electron chi connectivity index (χ1n) is 8.16. The minimum absolute atomic E-state index is 0.213. The number of fused-ring (bicyclic) bond motifs is 1. The highest BCUT2D eigenvalue weighted by atomic mass is 127. The predicted octanol–water partition coefficient (Wildman–Crippen LogP) is 6.10. The van der Waals surface area contributed by atoms with Crippen LogP contribution >= 0.6 is 34.2 Å². The van der Waals surface area contributed by atoms with E-state index in [0.29, 0.717) is 11.8 Å². The molecule has 0 fully saturated rings. The Morgan fingerprint density at radius 1 is 1.29 bits per heavy atom. The van der Waals surface area contributed by atoms with Crippen molar-refractivity contribution in [2.45, 2.75) is 45.3 Å². The molecule has 0 amide bonds. The second-order valence-corrected chi connectivity index (χ2v) is 13.9. The first-order chi connectivity index (χ1) is 11.1. The van der Waals surface area contributed by atoms with Gasteiger partial charge in [-0.2, -0.15) is 0 Å². The van der Waals surface area contributed by atoms with Gasteiger partial charge in [-0.05, 0) is 58.9 Å². The molecule has 0 unspecified atom stereocenters. The Morgan fingerprint density at radius 2 is 1.96 bits per heavy atom. The van der Waals surface area contributed by atoms with Crippen LogP contribution < -0.4 is 5.32 Å². The molecule has 1 aromatic carbocycles. The lowest BCUT2D eigenvalue weighted by Gasteiger charge is -2.36. The molecule has 2 rings (SSSR count). The van der Waals surface area contributed by atoms with Gasteiger partial charge in [0.25, 0.3) is 0 Å². The Kier molecular flexibility index (Phi) is 6.21. The smallest absolute Gasteiger partial charge is 0.191 e. The van der Waals surface area contributed by atoms with Gasteiger partial charge in [-0.1, -0.05) is 32.4 Å². The van der Waals surface area contributed by atoms with E-state index in [1.807, 2.05) is 13.1 Å². The summed E-state index contributed by atoms with van der Waals surface area (Å²) in [4.78, 5) is 4.59. The zero-order chi connectivity index (χ0) is 18.1. The fraction of sp³-hybridized carbons (Fsp3) is 0.500. The van der Waals surface area contributed by atoms with Crippen LogP contribution in [0, 0.1) is 3.57 Å². The van der Waals surface area contributed by atoms with E-state index in [0.717, 1.165) is 23.2 Å². The Balaban J connectivity index is 2.33. The molecule has 0 saturated carbocycles. The van der Waals surface area contributed by atoms with Crippen LogP contribution in [0.15, 0.2) is 18.2 Å². The van der Waals surface area contributed by atoms with E-state index in [2.05, 4.69) is 78.9 Å². The van der Waals surface area contributed by atoms with Crippen LogP contribution in [0.2, 0.25) is 23.3 Å². The van der Waals surface area contributed by atoms with Crippen LogP contribution in [-0.2, 0) is 10.8 Å². The molecule has 0 aliphatic heterocycles. The van der Waals surface area contributed by atoms with E-state index < -0.39 is 8.32 Å². The molecule has 0 saturated heterocycles. The summed E-state index contributed by atoms with van der Waals surface area (Å²) < 4.78 is 7.51. The molecule has 0 aliphatic carbocycles. The summed E-state index contributed by atoms with van der Waals surface area (Å²) >= 11 is 8.64. The zero-order valence-electron chi connectivity index (χ0n) is 15.3. The molecule has 0 bridgehead atoms. The Bertz CT molecular complexity index is 744. The van der Waals surface area contributed by atoms with Gasteiger partial charge in [0, 0.05) is 40.1 Å². The summed E-state index contributed by atoms with van der Waals surface area (Å²) in [5, 5.41) is 6.27. The highest BCUT2D eigenvalue weighted by Gasteiger charge is 2.36. The number of benzene rings is 1. The van der Waals surface area contributed by atoms with Gasteiger partial charge in [-0.3, -0.25) is 0 Å². The molecule has 1 aromatic heterocycles. The van der Waals surface area contributed by atoms with E-state index in [-0.39, 0.29) is 5.04 Å². The monoisotopic (exact) mass is 476 g/mol. The van der Waals surface area contributed by atoms with Crippen LogP contribution in [0.25, 0.3) is 10.8 Å². The number of pyridine rings is 1. The maximum absolute atomic E-state index is 6.32. The molecule has 0 spiro atoms. The average Bonchev–Trinajstić information content (AvgIpc) is 2.45. The summed E-state index contributed by atoms with van der Waals surface area (Å²) in [5.41, 5.74) is 2.08. The van der Waals surface area contributed by atoms with Gasteiger partial charge >= 0.3 is 0 Å². The van der Waals surface area contributed by atoms with Crippen LogP contribution in [0.3, 0.4) is 0 Å². The normalized spacial score (nSPS) is 12.7.